The van der Waals surface area contributed by atoms with Crippen LogP contribution < -0.4 is 5.32 Å². The molecule has 4 rings (SSSR count). The Hall–Kier alpha value is -3.35. The molecule has 1 aromatic heterocycles. The van der Waals surface area contributed by atoms with Crippen molar-refractivity contribution in [2.75, 3.05) is 18.4 Å². The number of carbonyl (C=O) groups is 2. The van der Waals surface area contributed by atoms with Crippen LogP contribution in [0.3, 0.4) is 0 Å². The Morgan fingerprint density at radius 3 is 2.71 bits per heavy atom. The second kappa shape index (κ2) is 8.41. The van der Waals surface area contributed by atoms with Crippen molar-refractivity contribution >= 4 is 28.5 Å². The minimum absolute atomic E-state index is 0.0142. The Bertz CT molecular complexity index is 1090. The molecule has 1 unspecified atom stereocenters. The largest absolute Gasteiger partial charge is 0.444 e. The highest BCUT2D eigenvalue weighted by Gasteiger charge is 2.29. The predicted octanol–water partition coefficient (Wildman–Crippen LogP) is 4.86. The summed E-state index contributed by atoms with van der Waals surface area (Å²) in [6.45, 7) is 6.77. The van der Waals surface area contributed by atoms with Gasteiger partial charge in [0.1, 0.15) is 5.60 Å². The standard InChI is InChI=1S/C24H28N4O3/c1-24(2,3)31-23(30)27-13-7-10-19(16-27)28-15-18(14-25-28)22(29)26-21-12-6-9-17-8-4-5-11-20(17)21/h4-6,8-9,11-12,14-15,19H,7,10,13,16H2,1-3H3,(H,26,29). The second-order valence-electron chi connectivity index (χ2n) is 8.91. The van der Waals surface area contributed by atoms with Gasteiger partial charge in [-0.3, -0.25) is 9.48 Å². The van der Waals surface area contributed by atoms with Gasteiger partial charge < -0.3 is 15.0 Å². The summed E-state index contributed by atoms with van der Waals surface area (Å²) in [5, 5.41) is 9.47. The van der Waals surface area contributed by atoms with Gasteiger partial charge in [-0.25, -0.2) is 4.79 Å². The van der Waals surface area contributed by atoms with E-state index >= 15 is 0 Å². The van der Waals surface area contributed by atoms with E-state index in [0.717, 1.165) is 29.3 Å². The molecule has 1 aliphatic heterocycles. The van der Waals surface area contributed by atoms with Crippen LogP contribution in [0.4, 0.5) is 10.5 Å². The maximum atomic E-state index is 12.8. The Morgan fingerprint density at radius 1 is 1.13 bits per heavy atom. The van der Waals surface area contributed by atoms with Gasteiger partial charge in [0, 0.05) is 30.4 Å². The fourth-order valence-electron chi connectivity index (χ4n) is 3.85. The first-order chi connectivity index (χ1) is 14.8. The van der Waals surface area contributed by atoms with Gasteiger partial charge in [-0.05, 0) is 45.1 Å². The average molecular weight is 421 g/mol. The van der Waals surface area contributed by atoms with E-state index in [-0.39, 0.29) is 18.0 Å². The van der Waals surface area contributed by atoms with Crippen LogP contribution in [0, 0.1) is 0 Å². The van der Waals surface area contributed by atoms with Crippen LogP contribution in [0.25, 0.3) is 10.8 Å². The zero-order valence-corrected chi connectivity index (χ0v) is 18.2. The van der Waals surface area contributed by atoms with Crippen molar-refractivity contribution in [2.45, 2.75) is 45.3 Å². The third-order valence-corrected chi connectivity index (χ3v) is 5.32. The van der Waals surface area contributed by atoms with Gasteiger partial charge in [-0.15, -0.1) is 0 Å². The summed E-state index contributed by atoms with van der Waals surface area (Å²) in [5.41, 5.74) is 0.731. The van der Waals surface area contributed by atoms with Gasteiger partial charge in [-0.1, -0.05) is 36.4 Å². The highest BCUT2D eigenvalue weighted by Crippen LogP contribution is 2.25. The third-order valence-electron chi connectivity index (χ3n) is 5.32. The van der Waals surface area contributed by atoms with Crippen molar-refractivity contribution < 1.29 is 14.3 Å². The van der Waals surface area contributed by atoms with E-state index in [9.17, 15) is 9.59 Å². The summed E-state index contributed by atoms with van der Waals surface area (Å²) in [7, 11) is 0. The summed E-state index contributed by atoms with van der Waals surface area (Å²) >= 11 is 0. The fourth-order valence-corrected chi connectivity index (χ4v) is 3.85. The van der Waals surface area contributed by atoms with Crippen molar-refractivity contribution in [2.24, 2.45) is 0 Å². The number of fused-ring (bicyclic) bond motifs is 1. The number of aromatic nitrogens is 2. The minimum Gasteiger partial charge on any atom is -0.444 e. The number of likely N-dealkylation sites (tertiary alicyclic amines) is 1. The van der Waals surface area contributed by atoms with E-state index < -0.39 is 5.60 Å². The SMILES string of the molecule is CC(C)(C)OC(=O)N1CCCC(n2cc(C(=O)Nc3cccc4ccccc34)cn2)C1. The number of hydrogen-bond acceptors (Lipinski definition) is 4. The topological polar surface area (TPSA) is 76.5 Å². The van der Waals surface area contributed by atoms with E-state index in [0.29, 0.717) is 18.7 Å². The van der Waals surface area contributed by atoms with E-state index in [1.54, 1.807) is 22.0 Å². The molecule has 3 aromatic rings. The number of nitrogens with one attached hydrogen (secondary N) is 1. The molecule has 2 heterocycles. The first kappa shape index (κ1) is 20.9. The lowest BCUT2D eigenvalue weighted by Gasteiger charge is -2.34. The maximum absolute atomic E-state index is 12.8. The van der Waals surface area contributed by atoms with Gasteiger partial charge >= 0.3 is 6.09 Å². The highest BCUT2D eigenvalue weighted by molar-refractivity contribution is 6.08. The molecule has 162 valence electrons. The quantitative estimate of drug-likeness (QED) is 0.656. The minimum atomic E-state index is -0.525. The summed E-state index contributed by atoms with van der Waals surface area (Å²) in [6, 6.07) is 13.8. The number of nitrogens with zero attached hydrogens (tertiary/aromatic N) is 3. The maximum Gasteiger partial charge on any atom is 0.410 e. The number of ether oxygens (including phenoxy) is 1. The molecule has 7 heteroatoms. The van der Waals surface area contributed by atoms with Gasteiger partial charge in [0.15, 0.2) is 0 Å². The lowest BCUT2D eigenvalue weighted by Crippen LogP contribution is -2.43. The number of rotatable bonds is 3. The predicted molar refractivity (Wildman–Crippen MR) is 120 cm³/mol. The van der Waals surface area contributed by atoms with Crippen molar-refractivity contribution in [3.05, 3.63) is 60.4 Å². The van der Waals surface area contributed by atoms with E-state index in [1.165, 1.54) is 0 Å². The monoisotopic (exact) mass is 420 g/mol. The number of benzene rings is 2. The zero-order chi connectivity index (χ0) is 22.0. The zero-order valence-electron chi connectivity index (χ0n) is 18.2. The molecule has 1 N–H and O–H groups in total. The van der Waals surface area contributed by atoms with Crippen LogP contribution in [0.15, 0.2) is 54.9 Å². The molecular weight excluding hydrogens is 392 g/mol. The van der Waals surface area contributed by atoms with E-state index in [2.05, 4.69) is 10.4 Å². The lowest BCUT2D eigenvalue weighted by atomic mass is 10.1. The smallest absolute Gasteiger partial charge is 0.410 e. The Morgan fingerprint density at radius 2 is 1.90 bits per heavy atom. The summed E-state index contributed by atoms with van der Waals surface area (Å²) < 4.78 is 7.29. The molecule has 31 heavy (non-hydrogen) atoms. The number of anilines is 1. The number of hydrogen-bond donors (Lipinski definition) is 1. The Kier molecular flexibility index (Phi) is 5.67. The fraction of sp³-hybridized carbons (Fsp3) is 0.375. The van der Waals surface area contributed by atoms with Gasteiger partial charge in [-0.2, -0.15) is 5.10 Å². The molecule has 0 saturated carbocycles. The van der Waals surface area contributed by atoms with Crippen molar-refractivity contribution in [1.29, 1.82) is 0 Å². The number of amides is 2. The van der Waals surface area contributed by atoms with Crippen LogP contribution in [0.5, 0.6) is 0 Å². The van der Waals surface area contributed by atoms with E-state index in [4.69, 9.17) is 4.74 Å². The molecule has 2 aromatic carbocycles. The molecule has 1 saturated heterocycles. The molecule has 7 nitrogen and oxygen atoms in total. The van der Waals surface area contributed by atoms with Gasteiger partial charge in [0.2, 0.25) is 0 Å². The summed E-state index contributed by atoms with van der Waals surface area (Å²) in [6.07, 6.45) is 4.78. The van der Waals surface area contributed by atoms with Crippen molar-refractivity contribution in [3.63, 3.8) is 0 Å². The average Bonchev–Trinajstić information content (AvgIpc) is 3.23. The number of carbonyl (C=O) groups excluding carboxylic acids is 2. The Labute approximate surface area is 182 Å². The molecule has 1 aliphatic rings. The number of piperidine rings is 1. The molecule has 0 aliphatic carbocycles. The highest BCUT2D eigenvalue weighted by atomic mass is 16.6. The van der Waals surface area contributed by atoms with Crippen molar-refractivity contribution in [3.8, 4) is 0 Å². The van der Waals surface area contributed by atoms with Crippen LogP contribution >= 0.6 is 0 Å². The summed E-state index contributed by atoms with van der Waals surface area (Å²) in [5.74, 6) is -0.206. The molecule has 1 fully saturated rings. The van der Waals surface area contributed by atoms with Crippen molar-refractivity contribution in [1.82, 2.24) is 14.7 Å². The second-order valence-corrected chi connectivity index (χ2v) is 8.91. The molecule has 1 atom stereocenters. The van der Waals surface area contributed by atoms with E-state index in [1.807, 2.05) is 63.2 Å². The molecule has 0 bridgehead atoms. The van der Waals surface area contributed by atoms with Crippen LogP contribution in [0.1, 0.15) is 50.0 Å². The first-order valence-corrected chi connectivity index (χ1v) is 10.6. The van der Waals surface area contributed by atoms with Crippen LogP contribution in [-0.2, 0) is 4.74 Å². The van der Waals surface area contributed by atoms with Gasteiger partial charge in [0.25, 0.3) is 5.91 Å². The molecule has 2 amide bonds. The normalized spacial score (nSPS) is 16.9. The molecule has 0 radical (unpaired) electrons. The molecular formula is C24H28N4O3. The summed E-state index contributed by atoms with van der Waals surface area (Å²) in [4.78, 5) is 27.0. The molecule has 0 spiro atoms. The Balaban J connectivity index is 1.45. The van der Waals surface area contributed by atoms with Crippen LogP contribution in [0.2, 0.25) is 0 Å². The van der Waals surface area contributed by atoms with Gasteiger partial charge in [0.05, 0.1) is 17.8 Å². The lowest BCUT2D eigenvalue weighted by molar-refractivity contribution is 0.0167. The first-order valence-electron chi connectivity index (χ1n) is 10.6. The van der Waals surface area contributed by atoms with Crippen LogP contribution in [-0.4, -0.2) is 45.4 Å². The third kappa shape index (κ3) is 4.87.